The monoisotopic (exact) mass is 352 g/mol. The Bertz CT molecular complexity index is 968. The normalized spacial score (nSPS) is 21.0. The first kappa shape index (κ1) is 15.9. The zero-order valence-electron chi connectivity index (χ0n) is 14.5. The van der Waals surface area contributed by atoms with Gasteiger partial charge in [0, 0.05) is 41.6 Å². The van der Waals surface area contributed by atoms with Gasteiger partial charge in [-0.05, 0) is 36.1 Å². The van der Waals surface area contributed by atoms with Crippen LogP contribution in [-0.2, 0) is 17.4 Å². The number of amides is 1. The average molecular weight is 352 g/mol. The molecule has 128 valence electrons. The number of benzene rings is 1. The number of carbonyl (C=O) groups is 1. The maximum atomic E-state index is 12.3. The van der Waals surface area contributed by atoms with Gasteiger partial charge in [-0.25, -0.2) is 0 Å². The van der Waals surface area contributed by atoms with Gasteiger partial charge < -0.3 is 9.88 Å². The highest BCUT2D eigenvalue weighted by molar-refractivity contribution is 7.13. The molecule has 1 aliphatic heterocycles. The number of hydrogen-bond acceptors (Lipinski definition) is 3. The van der Waals surface area contributed by atoms with E-state index in [9.17, 15) is 4.79 Å². The fourth-order valence-corrected chi connectivity index (χ4v) is 4.22. The summed E-state index contributed by atoms with van der Waals surface area (Å²) in [5, 5.41) is 14.5. The molecule has 1 fully saturated rings. The van der Waals surface area contributed by atoms with Gasteiger partial charge in [-0.15, -0.1) is 11.3 Å². The Balaban J connectivity index is 1.85. The van der Waals surface area contributed by atoms with Crippen LogP contribution in [0.15, 0.2) is 41.9 Å². The molecule has 0 saturated carbocycles. The van der Waals surface area contributed by atoms with Crippen molar-refractivity contribution < 1.29 is 4.79 Å². The molecule has 0 unspecified atom stereocenters. The van der Waals surface area contributed by atoms with Crippen LogP contribution in [0.2, 0.25) is 0 Å². The first-order valence-corrected chi connectivity index (χ1v) is 9.04. The maximum Gasteiger partial charge on any atom is 0.231 e. The van der Waals surface area contributed by atoms with Crippen LogP contribution in [-0.4, -0.2) is 28.4 Å². The minimum absolute atomic E-state index is 0.0436. The molecular weight excluding hydrogens is 332 g/mol. The Kier molecular flexibility index (Phi) is 3.47. The summed E-state index contributed by atoms with van der Waals surface area (Å²) < 4.78 is 2.13. The van der Waals surface area contributed by atoms with Crippen molar-refractivity contribution >= 4 is 34.1 Å². The van der Waals surface area contributed by atoms with Crippen LogP contribution in [0, 0.1) is 5.41 Å². The average Bonchev–Trinajstić information content (AvgIpc) is 3.20. The Hall–Kier alpha value is -2.60. The van der Waals surface area contributed by atoms with Gasteiger partial charge >= 0.3 is 0 Å². The summed E-state index contributed by atoms with van der Waals surface area (Å²) in [4.78, 5) is 14.8. The number of nitrogens with zero attached hydrogens (tertiary/aromatic N) is 2. The molecule has 25 heavy (non-hydrogen) atoms. The van der Waals surface area contributed by atoms with E-state index in [1.807, 2.05) is 14.0 Å². The fourth-order valence-electron chi connectivity index (χ4n) is 3.47. The molecule has 1 aliphatic rings. The third kappa shape index (κ3) is 2.44. The summed E-state index contributed by atoms with van der Waals surface area (Å²) in [6, 6.07) is 10.5. The zero-order valence-corrected chi connectivity index (χ0v) is 15.3. The van der Waals surface area contributed by atoms with Gasteiger partial charge in [0.25, 0.3) is 0 Å². The largest absolute Gasteiger partial charge is 0.350 e. The van der Waals surface area contributed by atoms with Gasteiger partial charge in [0.2, 0.25) is 5.91 Å². The van der Waals surface area contributed by atoms with Gasteiger partial charge in [0.1, 0.15) is 0 Å². The van der Waals surface area contributed by atoms with Crippen LogP contribution in [0.1, 0.15) is 18.9 Å². The number of nitrogens with one attached hydrogen (secondary N) is 2. The second-order valence-electron chi connectivity index (χ2n) is 6.80. The van der Waals surface area contributed by atoms with Crippen molar-refractivity contribution in [2.45, 2.75) is 18.9 Å². The quantitative estimate of drug-likeness (QED) is 0.741. The molecular formula is C19H20N4OS. The second kappa shape index (κ2) is 5.46. The third-order valence-corrected chi connectivity index (χ3v) is 5.92. The van der Waals surface area contributed by atoms with Gasteiger partial charge in [-0.2, -0.15) is 0 Å². The van der Waals surface area contributed by atoms with E-state index in [1.165, 1.54) is 20.7 Å². The molecule has 5 nitrogen and oxygen atoms in total. The first-order chi connectivity index (χ1) is 11.9. The Morgan fingerprint density at radius 2 is 2.08 bits per heavy atom. The number of carbonyl (C=O) groups excluding carboxylic acids is 1. The van der Waals surface area contributed by atoms with Crippen LogP contribution in [0.5, 0.6) is 0 Å². The van der Waals surface area contributed by atoms with Gasteiger partial charge in [0.05, 0.1) is 12.0 Å². The Morgan fingerprint density at radius 3 is 2.76 bits per heavy atom. The first-order valence-electron chi connectivity index (χ1n) is 8.16. The lowest BCUT2D eigenvalue weighted by Gasteiger charge is -2.39. The summed E-state index contributed by atoms with van der Waals surface area (Å²) in [7, 11) is 3.68. The van der Waals surface area contributed by atoms with Crippen molar-refractivity contribution in [2.24, 2.45) is 7.05 Å². The van der Waals surface area contributed by atoms with E-state index in [4.69, 9.17) is 5.41 Å². The topological polar surface area (TPSA) is 61.1 Å². The molecule has 0 bridgehead atoms. The summed E-state index contributed by atoms with van der Waals surface area (Å²) in [6.07, 6.45) is 2.48. The van der Waals surface area contributed by atoms with E-state index in [0.29, 0.717) is 6.42 Å². The lowest BCUT2D eigenvalue weighted by Crippen LogP contribution is -2.58. The van der Waals surface area contributed by atoms with E-state index >= 15 is 0 Å². The maximum absolute atomic E-state index is 12.3. The van der Waals surface area contributed by atoms with Gasteiger partial charge in [-0.3, -0.25) is 15.1 Å². The van der Waals surface area contributed by atoms with Crippen LogP contribution < -0.4 is 5.32 Å². The van der Waals surface area contributed by atoms with E-state index in [1.54, 1.807) is 18.4 Å². The molecule has 3 aromatic rings. The van der Waals surface area contributed by atoms with Crippen molar-refractivity contribution in [3.8, 4) is 10.4 Å². The van der Waals surface area contributed by atoms with Crippen molar-refractivity contribution in [3.05, 3.63) is 47.5 Å². The molecule has 0 radical (unpaired) electrons. The molecule has 3 heterocycles. The van der Waals surface area contributed by atoms with Crippen LogP contribution in [0.4, 0.5) is 0 Å². The van der Waals surface area contributed by atoms with Crippen LogP contribution in [0.3, 0.4) is 0 Å². The molecule has 0 spiro atoms. The number of fused-ring (bicyclic) bond motifs is 1. The van der Waals surface area contributed by atoms with Crippen molar-refractivity contribution in [1.82, 2.24) is 14.8 Å². The zero-order chi connectivity index (χ0) is 17.8. The summed E-state index contributed by atoms with van der Waals surface area (Å²) >= 11 is 1.72. The lowest BCUT2D eigenvalue weighted by molar-refractivity contribution is -0.129. The molecule has 1 saturated heterocycles. The van der Waals surface area contributed by atoms with Crippen molar-refractivity contribution in [1.29, 1.82) is 5.41 Å². The molecule has 4 rings (SSSR count). The summed E-state index contributed by atoms with van der Waals surface area (Å²) in [5.74, 6) is 0.100. The molecule has 1 amide bonds. The third-order valence-electron chi connectivity index (χ3n) is 5.02. The molecule has 2 N–H and O–H groups in total. The number of guanidine groups is 1. The Labute approximate surface area is 150 Å². The number of aryl methyl sites for hydroxylation is 1. The van der Waals surface area contributed by atoms with Crippen LogP contribution >= 0.6 is 11.3 Å². The highest BCUT2D eigenvalue weighted by Gasteiger charge is 2.38. The minimum Gasteiger partial charge on any atom is -0.350 e. The molecule has 1 atom stereocenters. The standard InChI is InChI=1S/C19H20N4OS/c1-19(10-17(24)23(3)18(20)21-19)12-6-7-15-13(9-12)14(11-22(15)2)16-5-4-8-25-16/h4-9,11H,10H2,1-3H3,(H2,20,21)/t19-/m0/s1. The smallest absolute Gasteiger partial charge is 0.231 e. The highest BCUT2D eigenvalue weighted by atomic mass is 32.1. The summed E-state index contributed by atoms with van der Waals surface area (Å²) in [5.41, 5.74) is 2.81. The van der Waals surface area contributed by atoms with Gasteiger partial charge in [-0.1, -0.05) is 12.1 Å². The van der Waals surface area contributed by atoms with Gasteiger partial charge in [0.15, 0.2) is 5.96 Å². The lowest BCUT2D eigenvalue weighted by atomic mass is 9.86. The van der Waals surface area contributed by atoms with Crippen molar-refractivity contribution in [2.75, 3.05) is 7.05 Å². The fraction of sp³-hybridized carbons (Fsp3) is 0.263. The van der Waals surface area contributed by atoms with E-state index in [0.717, 1.165) is 11.1 Å². The minimum atomic E-state index is -0.572. The number of thiophene rings is 1. The van der Waals surface area contributed by atoms with Crippen molar-refractivity contribution in [3.63, 3.8) is 0 Å². The predicted molar refractivity (Wildman–Crippen MR) is 102 cm³/mol. The molecule has 0 aliphatic carbocycles. The second-order valence-corrected chi connectivity index (χ2v) is 7.75. The SMILES string of the molecule is CN1C(=N)N[C@](C)(c2ccc3c(c2)c(-c2cccs2)cn3C)CC1=O. The Morgan fingerprint density at radius 1 is 1.28 bits per heavy atom. The number of aromatic nitrogens is 1. The van der Waals surface area contributed by atoms with E-state index in [2.05, 4.69) is 51.8 Å². The predicted octanol–water partition coefficient (Wildman–Crippen LogP) is 3.51. The molecule has 6 heteroatoms. The highest BCUT2D eigenvalue weighted by Crippen LogP contribution is 2.37. The summed E-state index contributed by atoms with van der Waals surface area (Å²) in [6.45, 7) is 1.99. The van der Waals surface area contributed by atoms with Crippen LogP contribution in [0.25, 0.3) is 21.3 Å². The molecule has 2 aromatic heterocycles. The number of rotatable bonds is 2. The molecule has 1 aromatic carbocycles. The van der Waals surface area contributed by atoms with E-state index < -0.39 is 5.54 Å². The number of hydrogen-bond donors (Lipinski definition) is 2. The van der Waals surface area contributed by atoms with E-state index in [-0.39, 0.29) is 11.9 Å².